The Hall–Kier alpha value is -2.20. The van der Waals surface area contributed by atoms with Crippen LogP contribution in [0.5, 0.6) is 0 Å². The van der Waals surface area contributed by atoms with Gasteiger partial charge in [0.25, 0.3) is 0 Å². The highest BCUT2D eigenvalue weighted by molar-refractivity contribution is 6.03. The molecule has 0 aliphatic carbocycles. The van der Waals surface area contributed by atoms with Crippen LogP contribution in [0.4, 0.5) is 5.82 Å². The van der Waals surface area contributed by atoms with Crippen LogP contribution in [0.2, 0.25) is 0 Å². The number of fused-ring (bicyclic) bond motifs is 3. The molecule has 23 heavy (non-hydrogen) atoms. The van der Waals surface area contributed by atoms with Gasteiger partial charge in [-0.05, 0) is 24.1 Å². The van der Waals surface area contributed by atoms with Crippen molar-refractivity contribution in [3.63, 3.8) is 0 Å². The van der Waals surface area contributed by atoms with Gasteiger partial charge in [0.05, 0.1) is 11.6 Å². The van der Waals surface area contributed by atoms with Gasteiger partial charge in [-0.25, -0.2) is 4.98 Å². The van der Waals surface area contributed by atoms with Crippen molar-refractivity contribution in [3.05, 3.63) is 59.3 Å². The summed E-state index contributed by atoms with van der Waals surface area (Å²) in [5, 5.41) is 0. The predicted molar refractivity (Wildman–Crippen MR) is 90.8 cm³/mol. The Morgan fingerprint density at radius 2 is 2.04 bits per heavy atom. The maximum absolute atomic E-state index is 12.5. The molecule has 0 radical (unpaired) electrons. The number of aromatic nitrogens is 1. The van der Waals surface area contributed by atoms with E-state index < -0.39 is 0 Å². The van der Waals surface area contributed by atoms with Crippen LogP contribution in [0, 0.1) is 6.92 Å². The molecule has 2 aliphatic heterocycles. The number of rotatable bonds is 2. The highest BCUT2D eigenvalue weighted by Crippen LogP contribution is 2.31. The molecule has 1 saturated heterocycles. The molecule has 118 valence electrons. The van der Waals surface area contributed by atoms with E-state index in [2.05, 4.69) is 39.0 Å². The van der Waals surface area contributed by atoms with E-state index in [9.17, 15) is 4.79 Å². The lowest BCUT2D eigenvalue weighted by Gasteiger charge is -2.44. The zero-order valence-corrected chi connectivity index (χ0v) is 13.4. The molecule has 1 aromatic heterocycles. The van der Waals surface area contributed by atoms with Crippen LogP contribution in [-0.4, -0.2) is 41.3 Å². The zero-order valence-electron chi connectivity index (χ0n) is 13.4. The van der Waals surface area contributed by atoms with Crippen molar-refractivity contribution in [2.75, 3.05) is 24.5 Å². The van der Waals surface area contributed by atoms with E-state index in [-0.39, 0.29) is 11.8 Å². The molecule has 2 aliphatic rings. The van der Waals surface area contributed by atoms with Crippen LogP contribution < -0.4 is 4.90 Å². The summed E-state index contributed by atoms with van der Waals surface area (Å²) in [6.45, 7) is 5.82. The number of carbonyl (C=O) groups excluding carboxylic acids is 1. The Morgan fingerprint density at radius 3 is 2.87 bits per heavy atom. The fourth-order valence-corrected chi connectivity index (χ4v) is 3.68. The SMILES string of the molecule is Cc1cnc2c(c1)C(=O)CC1CN(Cc3ccccc3)CCN21. The van der Waals surface area contributed by atoms with E-state index in [0.29, 0.717) is 6.42 Å². The van der Waals surface area contributed by atoms with Gasteiger partial charge in [0, 0.05) is 38.8 Å². The third kappa shape index (κ3) is 2.75. The number of Topliss-reactive ketones (excluding diaryl/α,β-unsaturated/α-hetero) is 1. The second-order valence-corrected chi connectivity index (χ2v) is 6.58. The molecule has 1 aromatic carbocycles. The average molecular weight is 307 g/mol. The molecule has 0 bridgehead atoms. The molecule has 4 rings (SSSR count). The second kappa shape index (κ2) is 5.78. The van der Waals surface area contributed by atoms with Crippen molar-refractivity contribution >= 4 is 11.6 Å². The Kier molecular flexibility index (Phi) is 3.62. The zero-order chi connectivity index (χ0) is 15.8. The van der Waals surface area contributed by atoms with Gasteiger partial charge >= 0.3 is 0 Å². The summed E-state index contributed by atoms with van der Waals surface area (Å²) >= 11 is 0. The molecule has 0 saturated carbocycles. The number of benzene rings is 1. The Labute approximate surface area is 136 Å². The second-order valence-electron chi connectivity index (χ2n) is 6.58. The number of ketones is 1. The topological polar surface area (TPSA) is 36.4 Å². The van der Waals surface area contributed by atoms with Gasteiger partial charge in [0.15, 0.2) is 5.78 Å². The number of carbonyl (C=O) groups is 1. The predicted octanol–water partition coefficient (Wildman–Crippen LogP) is 2.67. The van der Waals surface area contributed by atoms with Crippen molar-refractivity contribution in [2.45, 2.75) is 25.9 Å². The van der Waals surface area contributed by atoms with Crippen molar-refractivity contribution in [3.8, 4) is 0 Å². The first kappa shape index (κ1) is 14.4. The van der Waals surface area contributed by atoms with Gasteiger partial charge in [0.2, 0.25) is 0 Å². The van der Waals surface area contributed by atoms with Gasteiger partial charge in [-0.3, -0.25) is 9.69 Å². The number of hydrogen-bond acceptors (Lipinski definition) is 4. The average Bonchev–Trinajstić information content (AvgIpc) is 2.56. The maximum Gasteiger partial charge on any atom is 0.168 e. The Bertz CT molecular complexity index is 729. The third-order valence-corrected chi connectivity index (χ3v) is 4.81. The summed E-state index contributed by atoms with van der Waals surface area (Å²) in [5.41, 5.74) is 3.19. The first-order chi connectivity index (χ1) is 11.2. The molecule has 0 spiro atoms. The standard InChI is InChI=1S/C19H21N3O/c1-14-9-17-18(23)10-16-13-21(12-15-5-3-2-4-6-15)7-8-22(16)19(17)20-11-14/h2-6,9,11,16H,7-8,10,12-13H2,1H3. The molecule has 4 nitrogen and oxygen atoms in total. The molecule has 1 atom stereocenters. The molecule has 2 aromatic rings. The monoisotopic (exact) mass is 307 g/mol. The number of piperazine rings is 1. The molecular weight excluding hydrogens is 286 g/mol. The minimum absolute atomic E-state index is 0.235. The molecule has 4 heteroatoms. The first-order valence-corrected chi connectivity index (χ1v) is 8.23. The van der Waals surface area contributed by atoms with Gasteiger partial charge in [-0.2, -0.15) is 0 Å². The van der Waals surface area contributed by atoms with Gasteiger partial charge in [-0.15, -0.1) is 0 Å². The van der Waals surface area contributed by atoms with E-state index in [1.54, 1.807) is 0 Å². The molecule has 0 amide bonds. The minimum Gasteiger partial charge on any atom is -0.350 e. The number of hydrogen-bond donors (Lipinski definition) is 0. The number of pyridine rings is 1. The lowest BCUT2D eigenvalue weighted by Crippen LogP contribution is -2.56. The lowest BCUT2D eigenvalue weighted by molar-refractivity contribution is 0.0941. The van der Waals surface area contributed by atoms with Crippen LogP contribution in [0.1, 0.15) is 27.9 Å². The van der Waals surface area contributed by atoms with Crippen LogP contribution in [0.25, 0.3) is 0 Å². The first-order valence-electron chi connectivity index (χ1n) is 8.23. The van der Waals surface area contributed by atoms with Crippen LogP contribution in [0.3, 0.4) is 0 Å². The fraction of sp³-hybridized carbons (Fsp3) is 0.368. The van der Waals surface area contributed by atoms with Gasteiger partial charge < -0.3 is 4.90 Å². The Balaban J connectivity index is 1.53. The number of anilines is 1. The molecule has 1 fully saturated rings. The molecule has 3 heterocycles. The summed E-state index contributed by atoms with van der Waals surface area (Å²) < 4.78 is 0. The van der Waals surface area contributed by atoms with Gasteiger partial charge in [-0.1, -0.05) is 30.3 Å². The van der Waals surface area contributed by atoms with Crippen LogP contribution >= 0.6 is 0 Å². The summed E-state index contributed by atoms with van der Waals surface area (Å²) in [6.07, 6.45) is 2.47. The third-order valence-electron chi connectivity index (χ3n) is 4.81. The molecule has 0 N–H and O–H groups in total. The summed E-state index contributed by atoms with van der Waals surface area (Å²) in [4.78, 5) is 21.8. The largest absolute Gasteiger partial charge is 0.350 e. The summed E-state index contributed by atoms with van der Waals surface area (Å²) in [6, 6.07) is 12.8. The van der Waals surface area contributed by atoms with Crippen molar-refractivity contribution in [1.82, 2.24) is 9.88 Å². The molecular formula is C19H21N3O. The minimum atomic E-state index is 0.235. The van der Waals surface area contributed by atoms with E-state index in [1.807, 2.05) is 25.3 Å². The van der Waals surface area contributed by atoms with Gasteiger partial charge in [0.1, 0.15) is 5.82 Å². The molecule has 1 unspecified atom stereocenters. The quantitative estimate of drug-likeness (QED) is 0.855. The fourth-order valence-electron chi connectivity index (χ4n) is 3.68. The van der Waals surface area contributed by atoms with Crippen LogP contribution in [-0.2, 0) is 6.54 Å². The highest BCUT2D eigenvalue weighted by Gasteiger charge is 2.36. The van der Waals surface area contributed by atoms with E-state index in [0.717, 1.165) is 43.1 Å². The Morgan fingerprint density at radius 1 is 1.22 bits per heavy atom. The van der Waals surface area contributed by atoms with Crippen LogP contribution in [0.15, 0.2) is 42.6 Å². The van der Waals surface area contributed by atoms with Crippen molar-refractivity contribution < 1.29 is 4.79 Å². The van der Waals surface area contributed by atoms with E-state index in [1.165, 1.54) is 5.56 Å². The highest BCUT2D eigenvalue weighted by atomic mass is 16.1. The lowest BCUT2D eigenvalue weighted by atomic mass is 9.94. The normalized spacial score (nSPS) is 21.0. The van der Waals surface area contributed by atoms with E-state index >= 15 is 0 Å². The summed E-state index contributed by atoms with van der Waals surface area (Å²) in [7, 11) is 0. The van der Waals surface area contributed by atoms with Crippen molar-refractivity contribution in [2.24, 2.45) is 0 Å². The van der Waals surface area contributed by atoms with Crippen molar-refractivity contribution in [1.29, 1.82) is 0 Å². The smallest absolute Gasteiger partial charge is 0.168 e. The number of nitrogens with zero attached hydrogens (tertiary/aromatic N) is 3. The maximum atomic E-state index is 12.5. The van der Waals surface area contributed by atoms with E-state index in [4.69, 9.17) is 0 Å². The summed E-state index contributed by atoms with van der Waals surface area (Å²) in [5.74, 6) is 1.12. The number of aryl methyl sites for hydroxylation is 1.